The lowest BCUT2D eigenvalue weighted by Crippen LogP contribution is -2.29. The van der Waals surface area contributed by atoms with Gasteiger partial charge in [0.05, 0.1) is 6.10 Å². The zero-order valence-corrected chi connectivity index (χ0v) is 11.3. The molecule has 0 bridgehead atoms. The number of nitrogen functional groups attached to an aromatic ring is 1. The van der Waals surface area contributed by atoms with E-state index in [1.165, 1.54) is 24.8 Å². The van der Waals surface area contributed by atoms with Crippen molar-refractivity contribution in [2.75, 3.05) is 32.5 Å². The van der Waals surface area contributed by atoms with Gasteiger partial charge in [-0.05, 0) is 57.0 Å². The van der Waals surface area contributed by atoms with E-state index in [0.717, 1.165) is 31.8 Å². The first-order chi connectivity index (χ1) is 8.74. The summed E-state index contributed by atoms with van der Waals surface area (Å²) in [5, 5.41) is 0. The van der Waals surface area contributed by atoms with Gasteiger partial charge >= 0.3 is 0 Å². The predicted octanol–water partition coefficient (Wildman–Crippen LogP) is 2.31. The van der Waals surface area contributed by atoms with Gasteiger partial charge in [-0.1, -0.05) is 12.1 Å². The molecule has 0 aliphatic carbocycles. The summed E-state index contributed by atoms with van der Waals surface area (Å²) < 4.78 is 5.65. The minimum atomic E-state index is 0.461. The number of nitrogens with zero attached hydrogens (tertiary/aromatic N) is 1. The molecule has 3 nitrogen and oxygen atoms in total. The third kappa shape index (κ3) is 4.31. The van der Waals surface area contributed by atoms with Crippen LogP contribution in [0.15, 0.2) is 24.3 Å². The van der Waals surface area contributed by atoms with Crippen molar-refractivity contribution in [3.05, 3.63) is 29.8 Å². The molecule has 1 aromatic rings. The number of rotatable bonds is 6. The minimum Gasteiger partial charge on any atom is -0.399 e. The number of hydrogen-bond donors (Lipinski definition) is 1. The average molecular weight is 248 g/mol. The monoisotopic (exact) mass is 248 g/mol. The highest BCUT2D eigenvalue weighted by Crippen LogP contribution is 2.13. The molecular weight excluding hydrogens is 224 g/mol. The highest BCUT2D eigenvalue weighted by Gasteiger charge is 2.16. The largest absolute Gasteiger partial charge is 0.399 e. The Morgan fingerprint density at radius 3 is 3.06 bits per heavy atom. The molecule has 100 valence electrons. The maximum Gasteiger partial charge on any atom is 0.0702 e. The second-order valence-electron chi connectivity index (χ2n) is 5.25. The molecule has 3 heteroatoms. The van der Waals surface area contributed by atoms with Crippen LogP contribution in [0.25, 0.3) is 0 Å². The van der Waals surface area contributed by atoms with E-state index in [0.29, 0.717) is 6.10 Å². The van der Waals surface area contributed by atoms with E-state index in [-0.39, 0.29) is 0 Å². The lowest BCUT2D eigenvalue weighted by Gasteiger charge is -2.20. The zero-order chi connectivity index (χ0) is 12.8. The third-order valence-corrected chi connectivity index (χ3v) is 3.50. The van der Waals surface area contributed by atoms with Gasteiger partial charge in [0.1, 0.15) is 0 Å². The van der Waals surface area contributed by atoms with Gasteiger partial charge in [-0.25, -0.2) is 0 Å². The molecule has 1 aliphatic heterocycles. The lowest BCUT2D eigenvalue weighted by atomic mass is 10.1. The molecular formula is C15H24N2O. The molecule has 1 aromatic carbocycles. The Morgan fingerprint density at radius 1 is 1.44 bits per heavy atom. The zero-order valence-electron chi connectivity index (χ0n) is 11.3. The van der Waals surface area contributed by atoms with Crippen LogP contribution >= 0.6 is 0 Å². The van der Waals surface area contributed by atoms with Crippen molar-refractivity contribution in [3.63, 3.8) is 0 Å². The summed E-state index contributed by atoms with van der Waals surface area (Å²) in [6, 6.07) is 8.18. The van der Waals surface area contributed by atoms with Crippen LogP contribution in [0.5, 0.6) is 0 Å². The Hall–Kier alpha value is -1.06. The Balaban J connectivity index is 1.65. The van der Waals surface area contributed by atoms with Crippen LogP contribution in [-0.4, -0.2) is 37.7 Å². The number of anilines is 1. The molecule has 0 aromatic heterocycles. The molecule has 0 saturated carbocycles. The van der Waals surface area contributed by atoms with Crippen LogP contribution in [0, 0.1) is 0 Å². The molecule has 0 amide bonds. The summed E-state index contributed by atoms with van der Waals surface area (Å²) in [5.41, 5.74) is 7.97. The van der Waals surface area contributed by atoms with Gasteiger partial charge in [-0.3, -0.25) is 0 Å². The number of nitrogens with two attached hydrogens (primary N) is 1. The molecule has 1 aliphatic rings. The van der Waals surface area contributed by atoms with Crippen LogP contribution in [0.4, 0.5) is 5.69 Å². The second kappa shape index (κ2) is 6.76. The summed E-state index contributed by atoms with van der Waals surface area (Å²) in [4.78, 5) is 2.38. The molecule has 1 unspecified atom stereocenters. The molecule has 18 heavy (non-hydrogen) atoms. The topological polar surface area (TPSA) is 38.5 Å². The van der Waals surface area contributed by atoms with Crippen molar-refractivity contribution in [3.8, 4) is 0 Å². The Bertz CT molecular complexity index is 361. The van der Waals surface area contributed by atoms with Gasteiger partial charge in [0, 0.05) is 18.8 Å². The van der Waals surface area contributed by atoms with Crippen LogP contribution < -0.4 is 5.73 Å². The fraction of sp³-hybridized carbons (Fsp3) is 0.600. The van der Waals surface area contributed by atoms with Crippen LogP contribution in [-0.2, 0) is 11.2 Å². The number of hydrogen-bond acceptors (Lipinski definition) is 3. The van der Waals surface area contributed by atoms with Crippen molar-refractivity contribution in [1.29, 1.82) is 0 Å². The van der Waals surface area contributed by atoms with Gasteiger partial charge in [-0.2, -0.15) is 0 Å². The molecule has 1 fully saturated rings. The average Bonchev–Trinajstić information content (AvgIpc) is 2.82. The van der Waals surface area contributed by atoms with Crippen LogP contribution in [0.3, 0.4) is 0 Å². The first-order valence-corrected chi connectivity index (χ1v) is 6.88. The number of ether oxygens (including phenoxy) is 1. The molecule has 2 N–H and O–H groups in total. The van der Waals surface area contributed by atoms with Crippen LogP contribution in [0.2, 0.25) is 0 Å². The molecule has 0 spiro atoms. The molecule has 1 atom stereocenters. The molecule has 1 saturated heterocycles. The molecule has 2 rings (SSSR count). The third-order valence-electron chi connectivity index (χ3n) is 3.50. The quantitative estimate of drug-likeness (QED) is 0.785. The summed E-state index contributed by atoms with van der Waals surface area (Å²) >= 11 is 0. The predicted molar refractivity (Wildman–Crippen MR) is 75.6 cm³/mol. The summed E-state index contributed by atoms with van der Waals surface area (Å²) in [7, 11) is 2.18. The van der Waals surface area contributed by atoms with Gasteiger partial charge in [0.25, 0.3) is 0 Å². The normalized spacial score (nSPS) is 19.6. The summed E-state index contributed by atoms with van der Waals surface area (Å²) in [6.45, 7) is 3.13. The van der Waals surface area contributed by atoms with E-state index in [2.05, 4.69) is 24.1 Å². The smallest absolute Gasteiger partial charge is 0.0702 e. The van der Waals surface area contributed by atoms with Gasteiger partial charge in [0.2, 0.25) is 0 Å². The first-order valence-electron chi connectivity index (χ1n) is 6.88. The fourth-order valence-corrected chi connectivity index (χ4v) is 2.53. The lowest BCUT2D eigenvalue weighted by molar-refractivity contribution is 0.0810. The highest BCUT2D eigenvalue weighted by atomic mass is 16.5. The number of likely N-dealkylation sites (N-methyl/N-ethyl adjacent to an activating group) is 1. The van der Waals surface area contributed by atoms with E-state index in [9.17, 15) is 0 Å². The van der Waals surface area contributed by atoms with E-state index in [1.54, 1.807) is 0 Å². The van der Waals surface area contributed by atoms with Crippen molar-refractivity contribution in [2.45, 2.75) is 31.8 Å². The van der Waals surface area contributed by atoms with Crippen molar-refractivity contribution in [1.82, 2.24) is 4.90 Å². The number of aryl methyl sites for hydroxylation is 1. The molecule has 0 radical (unpaired) electrons. The van der Waals surface area contributed by atoms with Crippen molar-refractivity contribution < 1.29 is 4.74 Å². The van der Waals surface area contributed by atoms with Gasteiger partial charge in [0.15, 0.2) is 0 Å². The maximum atomic E-state index is 5.77. The second-order valence-corrected chi connectivity index (χ2v) is 5.25. The summed E-state index contributed by atoms with van der Waals surface area (Å²) in [6.07, 6.45) is 5.18. The Morgan fingerprint density at radius 2 is 2.33 bits per heavy atom. The Labute approximate surface area is 110 Å². The highest BCUT2D eigenvalue weighted by molar-refractivity contribution is 5.40. The van der Waals surface area contributed by atoms with E-state index in [1.807, 2.05) is 12.1 Å². The van der Waals surface area contributed by atoms with Gasteiger partial charge in [-0.15, -0.1) is 0 Å². The first kappa shape index (κ1) is 13.4. The van der Waals surface area contributed by atoms with E-state index < -0.39 is 0 Å². The number of benzene rings is 1. The minimum absolute atomic E-state index is 0.461. The standard InChI is InChI=1S/C15H24N2O/c1-17(12-15-8-4-10-18-15)9-3-6-13-5-2-7-14(16)11-13/h2,5,7,11,15H,3-4,6,8-10,12,16H2,1H3. The summed E-state index contributed by atoms with van der Waals surface area (Å²) in [5.74, 6) is 0. The fourth-order valence-electron chi connectivity index (χ4n) is 2.53. The van der Waals surface area contributed by atoms with E-state index in [4.69, 9.17) is 10.5 Å². The maximum absolute atomic E-state index is 5.77. The van der Waals surface area contributed by atoms with Crippen molar-refractivity contribution >= 4 is 5.69 Å². The van der Waals surface area contributed by atoms with Crippen molar-refractivity contribution in [2.24, 2.45) is 0 Å². The van der Waals surface area contributed by atoms with Gasteiger partial charge < -0.3 is 15.4 Å². The molecule has 1 heterocycles. The SMILES string of the molecule is CN(CCCc1cccc(N)c1)CC1CCCO1. The Kier molecular flexibility index (Phi) is 5.02. The van der Waals surface area contributed by atoms with E-state index >= 15 is 0 Å². The van der Waals surface area contributed by atoms with Crippen LogP contribution in [0.1, 0.15) is 24.8 Å².